The molecule has 27 heavy (non-hydrogen) atoms. The molecule has 1 aliphatic rings. The molecule has 0 bridgehead atoms. The standard InChI is InChI=1S/C18H25ClN4O4/c1-22(9-16(24)20-13-5-6-13)11-18(26)23(2)10-17(25)21-14-8-12(19)4-7-15(14)27-3/h4,7-8,13H,5-6,9-11H2,1-3H3,(H,20,24)(H,21,25). The third kappa shape index (κ3) is 7.07. The first-order valence-electron chi connectivity index (χ1n) is 8.63. The summed E-state index contributed by atoms with van der Waals surface area (Å²) in [5.74, 6) is -0.255. The Balaban J connectivity index is 1.79. The van der Waals surface area contributed by atoms with E-state index in [1.807, 2.05) is 0 Å². The number of hydrogen-bond acceptors (Lipinski definition) is 5. The summed E-state index contributed by atoms with van der Waals surface area (Å²) >= 11 is 5.94. The highest BCUT2D eigenvalue weighted by molar-refractivity contribution is 6.31. The van der Waals surface area contributed by atoms with Crippen molar-refractivity contribution in [2.24, 2.45) is 0 Å². The number of ether oxygens (including phenoxy) is 1. The molecule has 1 saturated carbocycles. The molecule has 0 aromatic heterocycles. The smallest absolute Gasteiger partial charge is 0.244 e. The molecule has 2 N–H and O–H groups in total. The molecule has 148 valence electrons. The van der Waals surface area contributed by atoms with Gasteiger partial charge in [0.1, 0.15) is 5.75 Å². The van der Waals surface area contributed by atoms with Gasteiger partial charge >= 0.3 is 0 Å². The van der Waals surface area contributed by atoms with Crippen molar-refractivity contribution in [1.29, 1.82) is 0 Å². The van der Waals surface area contributed by atoms with Crippen LogP contribution in [0.2, 0.25) is 5.02 Å². The highest BCUT2D eigenvalue weighted by atomic mass is 35.5. The molecule has 0 heterocycles. The second-order valence-corrected chi connectivity index (χ2v) is 7.09. The fraction of sp³-hybridized carbons (Fsp3) is 0.500. The van der Waals surface area contributed by atoms with Gasteiger partial charge in [-0.15, -0.1) is 0 Å². The summed E-state index contributed by atoms with van der Waals surface area (Å²) in [5, 5.41) is 6.01. The SMILES string of the molecule is COc1ccc(Cl)cc1NC(=O)CN(C)C(=O)CN(C)CC(=O)NC1CC1. The summed E-state index contributed by atoms with van der Waals surface area (Å²) in [6, 6.07) is 5.17. The number of likely N-dealkylation sites (N-methyl/N-ethyl adjacent to an activating group) is 2. The lowest BCUT2D eigenvalue weighted by molar-refractivity contribution is -0.134. The van der Waals surface area contributed by atoms with E-state index in [4.69, 9.17) is 16.3 Å². The topological polar surface area (TPSA) is 91.0 Å². The normalized spacial score (nSPS) is 13.2. The van der Waals surface area contributed by atoms with Crippen molar-refractivity contribution in [2.75, 3.05) is 46.2 Å². The first-order chi connectivity index (χ1) is 12.8. The summed E-state index contributed by atoms with van der Waals surface area (Å²) in [7, 11) is 4.72. The largest absolute Gasteiger partial charge is 0.495 e. The number of amides is 3. The van der Waals surface area contributed by atoms with Crippen molar-refractivity contribution in [3.05, 3.63) is 23.2 Å². The van der Waals surface area contributed by atoms with Crippen molar-refractivity contribution in [3.63, 3.8) is 0 Å². The van der Waals surface area contributed by atoms with Crippen molar-refractivity contribution in [2.45, 2.75) is 18.9 Å². The second-order valence-electron chi connectivity index (χ2n) is 6.66. The second kappa shape index (κ2) is 9.57. The number of benzene rings is 1. The number of anilines is 1. The number of hydrogen-bond donors (Lipinski definition) is 2. The van der Waals surface area contributed by atoms with E-state index in [1.54, 1.807) is 30.1 Å². The Hall–Kier alpha value is -2.32. The Kier molecular flexibility index (Phi) is 7.44. The van der Waals surface area contributed by atoms with Gasteiger partial charge in [-0.05, 0) is 38.1 Å². The van der Waals surface area contributed by atoms with E-state index in [9.17, 15) is 14.4 Å². The minimum Gasteiger partial charge on any atom is -0.495 e. The number of carbonyl (C=O) groups is 3. The Morgan fingerprint density at radius 1 is 1.15 bits per heavy atom. The zero-order valence-corrected chi connectivity index (χ0v) is 16.5. The lowest BCUT2D eigenvalue weighted by Gasteiger charge is -2.21. The fourth-order valence-electron chi connectivity index (χ4n) is 2.42. The van der Waals surface area contributed by atoms with Crippen LogP contribution in [0.15, 0.2) is 18.2 Å². The van der Waals surface area contributed by atoms with Gasteiger partial charge in [-0.25, -0.2) is 0 Å². The van der Waals surface area contributed by atoms with E-state index in [2.05, 4.69) is 10.6 Å². The molecule has 1 aromatic carbocycles. The molecule has 0 aliphatic heterocycles. The van der Waals surface area contributed by atoms with Crippen LogP contribution in [0.5, 0.6) is 5.75 Å². The van der Waals surface area contributed by atoms with E-state index >= 15 is 0 Å². The summed E-state index contributed by atoms with van der Waals surface area (Å²) in [6.07, 6.45) is 2.04. The van der Waals surface area contributed by atoms with Crippen LogP contribution >= 0.6 is 11.6 Å². The van der Waals surface area contributed by atoms with Crippen molar-refractivity contribution < 1.29 is 19.1 Å². The van der Waals surface area contributed by atoms with Gasteiger partial charge in [-0.2, -0.15) is 0 Å². The minimum atomic E-state index is -0.374. The van der Waals surface area contributed by atoms with Crippen LogP contribution in [0.3, 0.4) is 0 Å². The molecule has 0 spiro atoms. The average molecular weight is 397 g/mol. The maximum atomic E-state index is 12.3. The highest BCUT2D eigenvalue weighted by Crippen LogP contribution is 2.27. The number of nitrogens with zero attached hydrogens (tertiary/aromatic N) is 2. The lowest BCUT2D eigenvalue weighted by Crippen LogP contribution is -2.43. The van der Waals surface area contributed by atoms with Gasteiger partial charge in [0.25, 0.3) is 0 Å². The molecule has 2 rings (SSSR count). The van der Waals surface area contributed by atoms with E-state index in [-0.39, 0.29) is 43.4 Å². The van der Waals surface area contributed by atoms with Crippen LogP contribution in [0.1, 0.15) is 12.8 Å². The Labute approximate surface area is 163 Å². The molecule has 1 aliphatic carbocycles. The molecular weight excluding hydrogens is 372 g/mol. The number of halogens is 1. The maximum Gasteiger partial charge on any atom is 0.244 e. The van der Waals surface area contributed by atoms with Crippen LogP contribution in [-0.2, 0) is 14.4 Å². The zero-order valence-electron chi connectivity index (χ0n) is 15.8. The maximum absolute atomic E-state index is 12.3. The van der Waals surface area contributed by atoms with Gasteiger partial charge < -0.3 is 20.3 Å². The van der Waals surface area contributed by atoms with E-state index < -0.39 is 0 Å². The molecule has 0 radical (unpaired) electrons. The predicted molar refractivity (Wildman–Crippen MR) is 103 cm³/mol. The molecule has 0 unspecified atom stereocenters. The molecule has 0 atom stereocenters. The minimum absolute atomic E-state index is 0.0440. The van der Waals surface area contributed by atoms with Gasteiger partial charge in [0, 0.05) is 18.1 Å². The van der Waals surface area contributed by atoms with Crippen molar-refractivity contribution in [3.8, 4) is 5.75 Å². The predicted octanol–water partition coefficient (Wildman–Crippen LogP) is 0.956. The Morgan fingerprint density at radius 3 is 2.48 bits per heavy atom. The third-order valence-electron chi connectivity index (χ3n) is 4.00. The molecular formula is C18H25ClN4O4. The molecule has 1 aromatic rings. The number of carbonyl (C=O) groups excluding carboxylic acids is 3. The monoisotopic (exact) mass is 396 g/mol. The molecule has 9 heteroatoms. The quantitative estimate of drug-likeness (QED) is 0.648. The first-order valence-corrected chi connectivity index (χ1v) is 9.01. The van der Waals surface area contributed by atoms with Gasteiger partial charge in [0.2, 0.25) is 17.7 Å². The summed E-state index contributed by atoms with van der Waals surface area (Å²) in [4.78, 5) is 39.2. The van der Waals surface area contributed by atoms with Crippen molar-refractivity contribution in [1.82, 2.24) is 15.1 Å². The first kappa shape index (κ1) is 21.0. The zero-order chi connectivity index (χ0) is 20.0. The molecule has 8 nitrogen and oxygen atoms in total. The molecule has 3 amide bonds. The van der Waals surface area contributed by atoms with E-state index in [0.717, 1.165) is 12.8 Å². The number of nitrogens with one attached hydrogen (secondary N) is 2. The third-order valence-corrected chi connectivity index (χ3v) is 4.24. The number of methoxy groups -OCH3 is 1. The van der Waals surface area contributed by atoms with Crippen LogP contribution in [0.25, 0.3) is 0 Å². The van der Waals surface area contributed by atoms with Gasteiger partial charge in [-0.3, -0.25) is 19.3 Å². The number of rotatable bonds is 9. The van der Waals surface area contributed by atoms with Gasteiger partial charge in [0.05, 0.1) is 32.4 Å². The average Bonchev–Trinajstić information content (AvgIpc) is 3.38. The molecule has 0 saturated heterocycles. The highest BCUT2D eigenvalue weighted by Gasteiger charge is 2.24. The Morgan fingerprint density at radius 2 is 1.85 bits per heavy atom. The van der Waals surface area contributed by atoms with E-state index in [1.165, 1.54) is 19.1 Å². The summed E-state index contributed by atoms with van der Waals surface area (Å²) in [5.41, 5.74) is 0.435. The van der Waals surface area contributed by atoms with Crippen LogP contribution < -0.4 is 15.4 Å². The van der Waals surface area contributed by atoms with Crippen LogP contribution in [0.4, 0.5) is 5.69 Å². The van der Waals surface area contributed by atoms with E-state index in [0.29, 0.717) is 16.5 Å². The van der Waals surface area contributed by atoms with Crippen molar-refractivity contribution >= 4 is 35.0 Å². The summed E-state index contributed by atoms with van der Waals surface area (Å²) in [6.45, 7) is 0.0565. The fourth-order valence-corrected chi connectivity index (χ4v) is 2.60. The van der Waals surface area contributed by atoms with Crippen LogP contribution in [0, 0.1) is 0 Å². The van der Waals surface area contributed by atoms with Gasteiger partial charge in [-0.1, -0.05) is 11.6 Å². The van der Waals surface area contributed by atoms with Gasteiger partial charge in [0.15, 0.2) is 0 Å². The van der Waals surface area contributed by atoms with Crippen LogP contribution in [-0.4, -0.2) is 74.4 Å². The Bertz CT molecular complexity index is 709. The summed E-state index contributed by atoms with van der Waals surface area (Å²) < 4.78 is 5.18. The molecule has 1 fully saturated rings. The lowest BCUT2D eigenvalue weighted by atomic mass is 10.3.